The van der Waals surface area contributed by atoms with Gasteiger partial charge >= 0.3 is 0 Å². The Kier molecular flexibility index (Phi) is 5.35. The van der Waals surface area contributed by atoms with Crippen molar-refractivity contribution in [1.29, 1.82) is 0 Å². The normalized spacial score (nSPS) is 13.4. The largest absolute Gasteiger partial charge is 0.508 e. The molecule has 1 aliphatic rings. The van der Waals surface area contributed by atoms with Crippen LogP contribution in [0.25, 0.3) is 49.9 Å². The van der Waals surface area contributed by atoms with E-state index in [1.165, 1.54) is 10.6 Å². The first-order valence-electron chi connectivity index (χ1n) is 12.9. The minimum Gasteiger partial charge on any atom is -0.508 e. The third kappa shape index (κ3) is 3.90. The molecule has 6 nitrogen and oxygen atoms in total. The molecular weight excluding hydrogens is 493 g/mol. The zero-order valence-corrected chi connectivity index (χ0v) is 20.9. The van der Waals surface area contributed by atoms with E-state index < -0.39 is 11.4 Å². The minimum absolute atomic E-state index is 0.0478. The van der Waals surface area contributed by atoms with Crippen LogP contribution >= 0.6 is 0 Å². The lowest BCUT2D eigenvalue weighted by molar-refractivity contribution is 0.282. The average Bonchev–Trinajstić information content (AvgIpc) is 3.71. The van der Waals surface area contributed by atoms with E-state index in [2.05, 4.69) is 9.97 Å². The number of fused-ring (bicyclic) bond motifs is 2. The van der Waals surface area contributed by atoms with Crippen LogP contribution in [0.15, 0.2) is 90.0 Å². The lowest BCUT2D eigenvalue weighted by Crippen LogP contribution is -2.20. The summed E-state index contributed by atoms with van der Waals surface area (Å²) in [6.07, 6.45) is 5.45. The van der Waals surface area contributed by atoms with Crippen LogP contribution in [0.3, 0.4) is 0 Å². The van der Waals surface area contributed by atoms with Crippen molar-refractivity contribution in [2.45, 2.75) is 25.4 Å². The highest BCUT2D eigenvalue weighted by molar-refractivity contribution is 5.97. The number of H-pyrrole nitrogens is 1. The standard InChI is InChI=1S/C32H24FN3O3/c33-27-15-21(18-4-5-18)14-20-11-13-36(32(39)30(20)27)29-3-1-2-23(26(29)17-37)24-10-12-34-31-25(24)16-28(35-31)19-6-8-22(38)9-7-19/h1-3,6-16,18,37-38H,4-5,17H2,(H,34,35). The van der Waals surface area contributed by atoms with Crippen LogP contribution in [0.5, 0.6) is 5.75 Å². The van der Waals surface area contributed by atoms with Crippen LogP contribution in [0.2, 0.25) is 0 Å². The van der Waals surface area contributed by atoms with Crippen LogP contribution in [0.4, 0.5) is 4.39 Å². The van der Waals surface area contributed by atoms with Gasteiger partial charge in [0.15, 0.2) is 0 Å². The summed E-state index contributed by atoms with van der Waals surface area (Å²) in [5.41, 5.74) is 5.49. The van der Waals surface area contributed by atoms with E-state index >= 15 is 4.39 Å². The Hall–Kier alpha value is -4.75. The fourth-order valence-corrected chi connectivity index (χ4v) is 5.47. The molecule has 0 spiro atoms. The SMILES string of the molecule is O=c1c2c(F)cc(C3CC3)cc2ccn1-c1cccc(-c2ccnc3[nH]c(-c4ccc(O)cc4)cc23)c1CO. The van der Waals surface area contributed by atoms with Gasteiger partial charge in [0.25, 0.3) is 5.56 Å². The number of phenols is 1. The number of aromatic amines is 1. The zero-order chi connectivity index (χ0) is 26.7. The number of aliphatic hydroxyl groups excluding tert-OH is 1. The first-order chi connectivity index (χ1) is 19.0. The Labute approximate surface area is 222 Å². The van der Waals surface area contributed by atoms with Gasteiger partial charge in [-0.05, 0) is 101 Å². The van der Waals surface area contributed by atoms with Crippen molar-refractivity contribution in [2.75, 3.05) is 0 Å². The van der Waals surface area contributed by atoms with E-state index in [0.717, 1.165) is 46.2 Å². The molecule has 192 valence electrons. The van der Waals surface area contributed by atoms with Gasteiger partial charge in [-0.15, -0.1) is 0 Å². The van der Waals surface area contributed by atoms with Crippen molar-refractivity contribution < 1.29 is 14.6 Å². The first kappa shape index (κ1) is 23.4. The fourth-order valence-electron chi connectivity index (χ4n) is 5.47. The molecule has 0 radical (unpaired) electrons. The zero-order valence-electron chi connectivity index (χ0n) is 20.9. The van der Waals surface area contributed by atoms with Crippen molar-refractivity contribution in [1.82, 2.24) is 14.5 Å². The van der Waals surface area contributed by atoms with E-state index in [4.69, 9.17) is 0 Å². The first-order valence-corrected chi connectivity index (χ1v) is 12.9. The van der Waals surface area contributed by atoms with Gasteiger partial charge in [0.05, 0.1) is 17.7 Å². The summed E-state index contributed by atoms with van der Waals surface area (Å²) in [6, 6.07) is 21.4. The number of aromatic hydroxyl groups is 1. The summed E-state index contributed by atoms with van der Waals surface area (Å²) < 4.78 is 16.6. The van der Waals surface area contributed by atoms with Gasteiger partial charge < -0.3 is 15.2 Å². The Morgan fingerprint density at radius 2 is 1.82 bits per heavy atom. The molecule has 39 heavy (non-hydrogen) atoms. The smallest absolute Gasteiger partial charge is 0.265 e. The fraction of sp³-hybridized carbons (Fsp3) is 0.125. The molecule has 3 N–H and O–H groups in total. The Morgan fingerprint density at radius 3 is 2.59 bits per heavy atom. The van der Waals surface area contributed by atoms with E-state index in [-0.39, 0.29) is 17.7 Å². The molecule has 3 aromatic carbocycles. The van der Waals surface area contributed by atoms with E-state index in [1.54, 1.807) is 36.7 Å². The number of hydrogen-bond donors (Lipinski definition) is 3. The molecule has 1 aliphatic carbocycles. The number of phenolic OH excluding ortho intramolecular Hbond substituents is 1. The van der Waals surface area contributed by atoms with Gasteiger partial charge in [-0.25, -0.2) is 9.37 Å². The molecule has 0 unspecified atom stereocenters. The summed E-state index contributed by atoms with van der Waals surface area (Å²) in [5, 5.41) is 21.7. The van der Waals surface area contributed by atoms with Crippen molar-refractivity contribution in [3.8, 4) is 33.8 Å². The maximum atomic E-state index is 15.2. The highest BCUT2D eigenvalue weighted by atomic mass is 19.1. The van der Waals surface area contributed by atoms with Gasteiger partial charge in [-0.2, -0.15) is 0 Å². The maximum Gasteiger partial charge on any atom is 0.265 e. The molecule has 7 heteroatoms. The van der Waals surface area contributed by atoms with Crippen LogP contribution in [0, 0.1) is 5.82 Å². The number of aromatic nitrogens is 3. The third-order valence-corrected chi connectivity index (χ3v) is 7.60. The molecule has 1 fully saturated rings. The molecule has 7 rings (SSSR count). The topological polar surface area (TPSA) is 91.1 Å². The van der Waals surface area contributed by atoms with Crippen molar-refractivity contribution >= 4 is 21.8 Å². The van der Waals surface area contributed by atoms with E-state index in [1.807, 2.05) is 42.5 Å². The van der Waals surface area contributed by atoms with Crippen LogP contribution < -0.4 is 5.56 Å². The number of rotatable bonds is 5. The Bertz CT molecular complexity index is 1950. The average molecular weight is 518 g/mol. The van der Waals surface area contributed by atoms with Crippen molar-refractivity contribution in [2.24, 2.45) is 0 Å². The molecule has 1 saturated carbocycles. The molecular formula is C32H24FN3O3. The van der Waals surface area contributed by atoms with Crippen LogP contribution in [0.1, 0.15) is 29.9 Å². The summed E-state index contributed by atoms with van der Waals surface area (Å²) >= 11 is 0. The van der Waals surface area contributed by atoms with Gasteiger partial charge in [0.2, 0.25) is 0 Å². The molecule has 0 atom stereocenters. The minimum atomic E-state index is -0.514. The van der Waals surface area contributed by atoms with Crippen molar-refractivity contribution in [3.63, 3.8) is 0 Å². The Morgan fingerprint density at radius 1 is 1.00 bits per heavy atom. The second-order valence-electron chi connectivity index (χ2n) is 10.0. The molecule has 3 heterocycles. The number of halogens is 1. The predicted octanol–water partition coefficient (Wildman–Crippen LogP) is 6.42. The number of benzene rings is 3. The second kappa shape index (κ2) is 8.92. The summed E-state index contributed by atoms with van der Waals surface area (Å²) in [6.45, 7) is -0.321. The molecule has 0 saturated heterocycles. The van der Waals surface area contributed by atoms with Crippen LogP contribution in [-0.4, -0.2) is 24.7 Å². The van der Waals surface area contributed by atoms with Gasteiger partial charge in [0, 0.05) is 29.0 Å². The monoisotopic (exact) mass is 517 g/mol. The molecule has 0 amide bonds. The predicted molar refractivity (Wildman–Crippen MR) is 150 cm³/mol. The van der Waals surface area contributed by atoms with Gasteiger partial charge in [-0.3, -0.25) is 9.36 Å². The summed E-state index contributed by atoms with van der Waals surface area (Å²) in [5.74, 6) is 0.0508. The Balaban J connectivity index is 1.39. The number of hydrogen-bond acceptors (Lipinski definition) is 4. The van der Waals surface area contributed by atoms with Gasteiger partial charge in [0.1, 0.15) is 17.2 Å². The number of pyridine rings is 2. The highest BCUT2D eigenvalue weighted by Gasteiger charge is 2.25. The van der Waals surface area contributed by atoms with E-state index in [0.29, 0.717) is 28.2 Å². The molecule has 0 bridgehead atoms. The van der Waals surface area contributed by atoms with Gasteiger partial charge in [-0.1, -0.05) is 18.2 Å². The molecule has 3 aromatic heterocycles. The summed E-state index contributed by atoms with van der Waals surface area (Å²) in [7, 11) is 0. The molecule has 0 aliphatic heterocycles. The van der Waals surface area contributed by atoms with E-state index in [9.17, 15) is 15.0 Å². The second-order valence-corrected chi connectivity index (χ2v) is 10.0. The lowest BCUT2D eigenvalue weighted by atomic mass is 9.96. The lowest BCUT2D eigenvalue weighted by Gasteiger charge is -2.16. The quantitative estimate of drug-likeness (QED) is 0.246. The maximum absolute atomic E-state index is 15.2. The summed E-state index contributed by atoms with van der Waals surface area (Å²) in [4.78, 5) is 21.4. The number of nitrogens with zero attached hydrogens (tertiary/aromatic N) is 2. The number of aliphatic hydroxyl groups is 1. The molecule has 6 aromatic rings. The third-order valence-electron chi connectivity index (χ3n) is 7.60. The van der Waals surface area contributed by atoms with Crippen molar-refractivity contribution in [3.05, 3.63) is 112 Å². The number of nitrogens with one attached hydrogen (secondary N) is 1. The van der Waals surface area contributed by atoms with Crippen LogP contribution in [-0.2, 0) is 6.61 Å². The highest BCUT2D eigenvalue weighted by Crippen LogP contribution is 2.41.